The Bertz CT molecular complexity index is 483. The summed E-state index contributed by atoms with van der Waals surface area (Å²) in [5, 5.41) is 2.87. The van der Waals surface area contributed by atoms with Gasteiger partial charge in [-0.15, -0.1) is 0 Å². The van der Waals surface area contributed by atoms with Crippen molar-refractivity contribution >= 4 is 21.5 Å². The molecule has 0 amide bonds. The zero-order chi connectivity index (χ0) is 15.9. The maximum absolute atomic E-state index is 11.4. The van der Waals surface area contributed by atoms with Gasteiger partial charge in [-0.3, -0.25) is 4.79 Å². The van der Waals surface area contributed by atoms with E-state index < -0.39 is 9.84 Å². The predicted molar refractivity (Wildman–Crippen MR) is 83.3 cm³/mol. The van der Waals surface area contributed by atoms with Crippen LogP contribution in [0.1, 0.15) is 46.5 Å². The van der Waals surface area contributed by atoms with Gasteiger partial charge in [-0.25, -0.2) is 13.4 Å². The van der Waals surface area contributed by atoms with E-state index >= 15 is 0 Å². The molecule has 0 bridgehead atoms. The van der Waals surface area contributed by atoms with E-state index in [9.17, 15) is 13.2 Å². The number of nitrogens with zero attached hydrogens (tertiary/aromatic N) is 1. The maximum atomic E-state index is 11.4. The van der Waals surface area contributed by atoms with Crippen LogP contribution in [-0.2, 0) is 19.4 Å². The van der Waals surface area contributed by atoms with E-state index in [2.05, 4.69) is 10.3 Å². The second-order valence-electron chi connectivity index (χ2n) is 6.15. The smallest absolute Gasteiger partial charge is 0.183 e. The number of sulfone groups is 1. The Balaban J connectivity index is 2.04. The summed E-state index contributed by atoms with van der Waals surface area (Å²) in [6.07, 6.45) is 3.71. The van der Waals surface area contributed by atoms with Crippen LogP contribution in [0.5, 0.6) is 0 Å². The normalized spacial score (nSPS) is 17.4. The Morgan fingerprint density at radius 2 is 2.05 bits per heavy atom. The zero-order valence-electron chi connectivity index (χ0n) is 13.1. The molecule has 1 heterocycles. The predicted octanol–water partition coefficient (Wildman–Crippen LogP) is 1.30. The number of hydrogen-bond acceptors (Lipinski definition) is 6. The van der Waals surface area contributed by atoms with E-state index in [1.807, 2.05) is 13.8 Å². The van der Waals surface area contributed by atoms with Gasteiger partial charge in [0.2, 0.25) is 0 Å². The van der Waals surface area contributed by atoms with Crippen LogP contribution in [-0.4, -0.2) is 50.4 Å². The van der Waals surface area contributed by atoms with Crippen molar-refractivity contribution in [2.24, 2.45) is 4.99 Å². The third kappa shape index (κ3) is 8.16. The van der Waals surface area contributed by atoms with Crippen molar-refractivity contribution in [3.8, 4) is 0 Å². The van der Waals surface area contributed by atoms with Gasteiger partial charge in [0.25, 0.3) is 0 Å². The fourth-order valence-electron chi connectivity index (χ4n) is 2.08. The number of unbranched alkanes of at least 4 members (excludes halogenated alkanes) is 2. The average molecular weight is 318 g/mol. The van der Waals surface area contributed by atoms with Crippen LogP contribution in [0.2, 0.25) is 0 Å². The highest BCUT2D eigenvalue weighted by molar-refractivity contribution is 7.92. The minimum atomic E-state index is -3.30. The topological polar surface area (TPSA) is 84.8 Å². The van der Waals surface area contributed by atoms with E-state index in [4.69, 9.17) is 4.74 Å². The third-order valence-corrected chi connectivity index (χ3v) is 4.50. The van der Waals surface area contributed by atoms with Crippen molar-refractivity contribution in [3.63, 3.8) is 0 Å². The lowest BCUT2D eigenvalue weighted by Crippen LogP contribution is -2.28. The van der Waals surface area contributed by atoms with E-state index in [0.717, 1.165) is 31.6 Å². The molecule has 1 N–H and O–H groups in total. The summed E-state index contributed by atoms with van der Waals surface area (Å²) in [6, 6.07) is 0. The first-order valence-electron chi connectivity index (χ1n) is 7.32. The molecule has 0 atom stereocenters. The van der Waals surface area contributed by atoms with Crippen LogP contribution in [0.4, 0.5) is 0 Å². The highest BCUT2D eigenvalue weighted by Crippen LogP contribution is 2.19. The van der Waals surface area contributed by atoms with Crippen molar-refractivity contribution in [2.75, 3.05) is 24.8 Å². The quantitative estimate of drug-likeness (QED) is 0.614. The molecule has 0 fully saturated rings. The average Bonchev–Trinajstić information content (AvgIpc) is 2.66. The molecule has 0 radical (unpaired) electrons. The molecule has 7 heteroatoms. The second-order valence-corrected chi connectivity index (χ2v) is 8.22. The Kier molecular flexibility index (Phi) is 6.80. The first-order chi connectivity index (χ1) is 9.70. The summed E-state index contributed by atoms with van der Waals surface area (Å²) in [5.74, 6) is -0.00199. The molecular weight excluding hydrogens is 292 g/mol. The number of aliphatic imine (C=N–C) groups is 1. The summed E-state index contributed by atoms with van der Waals surface area (Å²) < 4.78 is 28.4. The van der Waals surface area contributed by atoms with Crippen LogP contribution in [0.25, 0.3) is 0 Å². The van der Waals surface area contributed by atoms with Gasteiger partial charge in [-0.05, 0) is 40.2 Å². The number of ether oxygens (including phenoxy) is 1. The minimum absolute atomic E-state index is 0.0953. The van der Waals surface area contributed by atoms with Crippen molar-refractivity contribution in [1.29, 1.82) is 0 Å². The maximum Gasteiger partial charge on any atom is 0.183 e. The third-order valence-electron chi connectivity index (χ3n) is 3.01. The second kappa shape index (κ2) is 7.89. The van der Waals surface area contributed by atoms with Crippen LogP contribution in [0.15, 0.2) is 4.99 Å². The van der Waals surface area contributed by atoms with Crippen LogP contribution in [0.3, 0.4) is 0 Å². The van der Waals surface area contributed by atoms with Gasteiger partial charge in [0.05, 0.1) is 11.4 Å². The number of Topliss-reactive ketones (excluding diaryl/α,β-unsaturated/α-hetero) is 1. The monoisotopic (exact) mass is 318 g/mol. The van der Waals surface area contributed by atoms with Gasteiger partial charge in [0.15, 0.2) is 15.7 Å². The summed E-state index contributed by atoms with van der Waals surface area (Å²) in [7, 11) is -3.30. The van der Waals surface area contributed by atoms with Gasteiger partial charge in [0, 0.05) is 6.42 Å². The Hall–Kier alpha value is -0.950. The molecule has 0 aliphatic carbocycles. The molecular formula is C14H26N2O4S. The SMILES string of the molecule is CC(=O)CS(=O)(=O)CNCCCCCC1=NC(C)(C)CO1. The number of hydrogen-bond donors (Lipinski definition) is 1. The standard InChI is InChI=1S/C14H26N2O4S/c1-12(17)9-21(18,19)11-15-8-6-4-5-7-13-16-14(2,3)10-20-13/h15H,4-11H2,1-3H3. The molecule has 0 saturated heterocycles. The molecule has 0 unspecified atom stereocenters. The molecule has 0 saturated carbocycles. The lowest BCUT2D eigenvalue weighted by molar-refractivity contribution is -0.114. The molecule has 1 aliphatic rings. The van der Waals surface area contributed by atoms with Gasteiger partial charge >= 0.3 is 0 Å². The summed E-state index contributed by atoms with van der Waals surface area (Å²) >= 11 is 0. The van der Waals surface area contributed by atoms with Crippen LogP contribution < -0.4 is 5.32 Å². The molecule has 0 aromatic rings. The van der Waals surface area contributed by atoms with Gasteiger partial charge < -0.3 is 10.1 Å². The molecule has 122 valence electrons. The van der Waals surface area contributed by atoms with Gasteiger partial charge in [-0.2, -0.15) is 0 Å². The van der Waals surface area contributed by atoms with Crippen molar-refractivity contribution < 1.29 is 17.9 Å². The first kappa shape index (κ1) is 18.1. The fraction of sp³-hybridized carbons (Fsp3) is 0.857. The number of ketones is 1. The van der Waals surface area contributed by atoms with E-state index in [1.165, 1.54) is 6.92 Å². The molecule has 0 aromatic heterocycles. The molecule has 1 rings (SSSR count). The highest BCUT2D eigenvalue weighted by Gasteiger charge is 2.25. The number of nitrogens with one attached hydrogen (secondary N) is 1. The molecule has 6 nitrogen and oxygen atoms in total. The van der Waals surface area contributed by atoms with Crippen LogP contribution in [0, 0.1) is 0 Å². The zero-order valence-corrected chi connectivity index (χ0v) is 14.0. The van der Waals surface area contributed by atoms with E-state index in [-0.39, 0.29) is 23.0 Å². The lowest BCUT2D eigenvalue weighted by atomic mass is 10.1. The molecule has 0 aromatic carbocycles. The molecule has 1 aliphatic heterocycles. The molecule has 0 spiro atoms. The minimum Gasteiger partial charge on any atom is -0.478 e. The summed E-state index contributed by atoms with van der Waals surface area (Å²) in [4.78, 5) is 15.3. The fourth-order valence-corrected chi connectivity index (χ4v) is 3.26. The number of rotatable bonds is 10. The Labute approximate surface area is 127 Å². The van der Waals surface area contributed by atoms with Crippen LogP contribution >= 0.6 is 0 Å². The van der Waals surface area contributed by atoms with E-state index in [1.54, 1.807) is 0 Å². The van der Waals surface area contributed by atoms with E-state index in [0.29, 0.717) is 13.2 Å². The Morgan fingerprint density at radius 1 is 1.33 bits per heavy atom. The van der Waals surface area contributed by atoms with Crippen molar-refractivity contribution in [3.05, 3.63) is 0 Å². The largest absolute Gasteiger partial charge is 0.478 e. The summed E-state index contributed by atoms with van der Waals surface area (Å²) in [6.45, 7) is 6.66. The van der Waals surface area contributed by atoms with Gasteiger partial charge in [0.1, 0.15) is 18.1 Å². The number of carbonyl (C=O) groups is 1. The van der Waals surface area contributed by atoms with Gasteiger partial charge in [-0.1, -0.05) is 6.42 Å². The summed E-state index contributed by atoms with van der Waals surface area (Å²) in [5.41, 5.74) is -0.0953. The number of carbonyl (C=O) groups excluding carboxylic acids is 1. The molecule has 21 heavy (non-hydrogen) atoms. The Morgan fingerprint density at radius 3 is 2.62 bits per heavy atom. The van der Waals surface area contributed by atoms with Crippen molar-refractivity contribution in [1.82, 2.24) is 5.32 Å². The lowest BCUT2D eigenvalue weighted by Gasteiger charge is -2.07. The first-order valence-corrected chi connectivity index (χ1v) is 9.14. The van der Waals surface area contributed by atoms with Crippen molar-refractivity contribution in [2.45, 2.75) is 52.0 Å². The highest BCUT2D eigenvalue weighted by atomic mass is 32.2.